The number of amides is 3. The number of nitrogens with one attached hydrogen (secondary N) is 1. The van der Waals surface area contributed by atoms with Gasteiger partial charge in [0, 0.05) is 18.7 Å². The van der Waals surface area contributed by atoms with E-state index >= 15 is 0 Å². The van der Waals surface area contributed by atoms with E-state index in [-0.39, 0.29) is 35.3 Å². The highest BCUT2D eigenvalue weighted by Gasteiger charge is 2.34. The van der Waals surface area contributed by atoms with E-state index < -0.39 is 13.0 Å². The maximum atomic E-state index is 12.6. The van der Waals surface area contributed by atoms with Crippen molar-refractivity contribution in [3.05, 3.63) is 70.1 Å². The standard InChI is InChI=1S/C21H21BN2O5S/c1-2-14-6-8-15(9-7-14)12-18-20(26)24(21(27)30-18)11-10-23-19(25)16-4-3-5-17(13-16)22(28)29/h3-9,12-13,28-29H,2,10-11H2,1H3,(H,23,25)/b18-12-. The zero-order valence-corrected chi connectivity index (χ0v) is 17.2. The van der Waals surface area contributed by atoms with Crippen LogP contribution in [0.15, 0.2) is 53.4 Å². The summed E-state index contributed by atoms with van der Waals surface area (Å²) in [5, 5.41) is 20.7. The van der Waals surface area contributed by atoms with Crippen molar-refractivity contribution in [2.75, 3.05) is 13.1 Å². The van der Waals surface area contributed by atoms with Crippen LogP contribution < -0.4 is 10.8 Å². The van der Waals surface area contributed by atoms with E-state index in [0.717, 1.165) is 28.6 Å². The Balaban J connectivity index is 1.58. The average molecular weight is 424 g/mol. The Morgan fingerprint density at radius 2 is 1.90 bits per heavy atom. The van der Waals surface area contributed by atoms with E-state index in [4.69, 9.17) is 0 Å². The lowest BCUT2D eigenvalue weighted by molar-refractivity contribution is -0.122. The van der Waals surface area contributed by atoms with E-state index in [2.05, 4.69) is 12.2 Å². The van der Waals surface area contributed by atoms with Gasteiger partial charge in [0.2, 0.25) is 0 Å². The van der Waals surface area contributed by atoms with Crippen molar-refractivity contribution in [2.24, 2.45) is 0 Å². The van der Waals surface area contributed by atoms with Gasteiger partial charge in [0.05, 0.1) is 4.91 Å². The Morgan fingerprint density at radius 1 is 1.17 bits per heavy atom. The summed E-state index contributed by atoms with van der Waals surface area (Å²) < 4.78 is 0. The summed E-state index contributed by atoms with van der Waals surface area (Å²) >= 11 is 0.877. The molecule has 0 aliphatic carbocycles. The summed E-state index contributed by atoms with van der Waals surface area (Å²) in [4.78, 5) is 38.5. The molecule has 1 aliphatic heterocycles. The number of carbonyl (C=O) groups is 3. The Hall–Kier alpha value is -2.88. The number of carbonyl (C=O) groups excluding carboxylic acids is 3. The van der Waals surface area contributed by atoms with Crippen molar-refractivity contribution in [1.82, 2.24) is 10.2 Å². The molecule has 3 amide bonds. The summed E-state index contributed by atoms with van der Waals surface area (Å²) in [6, 6.07) is 13.7. The SMILES string of the molecule is CCc1ccc(/C=C2\SC(=O)N(CCNC(=O)c3cccc(B(O)O)c3)C2=O)cc1. The Kier molecular flexibility index (Phi) is 7.09. The van der Waals surface area contributed by atoms with Gasteiger partial charge in [-0.05, 0) is 53.0 Å². The predicted octanol–water partition coefficient (Wildman–Crippen LogP) is 1.40. The number of aryl methyl sites for hydroxylation is 1. The first-order chi connectivity index (χ1) is 14.4. The smallest absolute Gasteiger partial charge is 0.423 e. The second-order valence-corrected chi connectivity index (χ2v) is 7.68. The molecule has 30 heavy (non-hydrogen) atoms. The van der Waals surface area contributed by atoms with Crippen LogP contribution in [0.1, 0.15) is 28.4 Å². The van der Waals surface area contributed by atoms with Gasteiger partial charge >= 0.3 is 7.12 Å². The Morgan fingerprint density at radius 3 is 2.57 bits per heavy atom. The van der Waals surface area contributed by atoms with Crippen LogP contribution in [-0.4, -0.2) is 52.2 Å². The molecule has 0 atom stereocenters. The molecular formula is C21H21BN2O5S. The number of hydrogen-bond donors (Lipinski definition) is 3. The third-order valence-corrected chi connectivity index (χ3v) is 5.53. The fraction of sp³-hybridized carbons (Fsp3) is 0.190. The van der Waals surface area contributed by atoms with Crippen molar-refractivity contribution in [3.8, 4) is 0 Å². The second-order valence-electron chi connectivity index (χ2n) is 6.68. The highest BCUT2D eigenvalue weighted by molar-refractivity contribution is 8.18. The van der Waals surface area contributed by atoms with Gasteiger partial charge in [-0.1, -0.05) is 43.3 Å². The molecule has 7 nitrogen and oxygen atoms in total. The van der Waals surface area contributed by atoms with Gasteiger partial charge < -0.3 is 15.4 Å². The first-order valence-corrected chi connectivity index (χ1v) is 10.3. The first kappa shape index (κ1) is 21.8. The van der Waals surface area contributed by atoms with Crippen molar-refractivity contribution in [1.29, 1.82) is 0 Å². The number of thioether (sulfide) groups is 1. The zero-order chi connectivity index (χ0) is 21.7. The van der Waals surface area contributed by atoms with Crippen LogP contribution in [0, 0.1) is 0 Å². The van der Waals surface area contributed by atoms with Crippen molar-refractivity contribution in [3.63, 3.8) is 0 Å². The molecule has 0 unspecified atom stereocenters. The number of nitrogens with zero attached hydrogens (tertiary/aromatic N) is 1. The minimum absolute atomic E-state index is 0.0465. The molecule has 0 bridgehead atoms. The molecule has 1 saturated heterocycles. The molecule has 3 N–H and O–H groups in total. The molecule has 1 aliphatic rings. The van der Waals surface area contributed by atoms with Gasteiger partial charge in [-0.15, -0.1) is 0 Å². The molecule has 9 heteroatoms. The van der Waals surface area contributed by atoms with E-state index in [1.54, 1.807) is 6.08 Å². The fourth-order valence-electron chi connectivity index (χ4n) is 2.92. The topological polar surface area (TPSA) is 107 Å². The first-order valence-electron chi connectivity index (χ1n) is 9.47. The lowest BCUT2D eigenvalue weighted by atomic mass is 9.79. The molecule has 0 radical (unpaired) electrons. The van der Waals surface area contributed by atoms with Crippen LogP contribution in [-0.2, 0) is 11.2 Å². The van der Waals surface area contributed by atoms with Gasteiger partial charge in [-0.2, -0.15) is 0 Å². The van der Waals surface area contributed by atoms with Gasteiger partial charge in [-0.25, -0.2) is 0 Å². The number of benzene rings is 2. The average Bonchev–Trinajstić information content (AvgIpc) is 3.01. The summed E-state index contributed by atoms with van der Waals surface area (Å²) in [6.45, 7) is 2.19. The molecule has 1 fully saturated rings. The molecule has 3 rings (SSSR count). The van der Waals surface area contributed by atoms with Gasteiger partial charge in [0.1, 0.15) is 0 Å². The fourth-order valence-corrected chi connectivity index (χ4v) is 3.78. The predicted molar refractivity (Wildman–Crippen MR) is 117 cm³/mol. The maximum absolute atomic E-state index is 12.6. The molecule has 0 saturated carbocycles. The summed E-state index contributed by atoms with van der Waals surface area (Å²) in [5.41, 5.74) is 2.49. The van der Waals surface area contributed by atoms with Crippen LogP contribution in [0.25, 0.3) is 6.08 Å². The van der Waals surface area contributed by atoms with Gasteiger partial charge in [-0.3, -0.25) is 19.3 Å². The van der Waals surface area contributed by atoms with Gasteiger partial charge in [0.15, 0.2) is 0 Å². The zero-order valence-electron chi connectivity index (χ0n) is 16.4. The summed E-state index contributed by atoms with van der Waals surface area (Å²) in [5.74, 6) is -0.819. The van der Waals surface area contributed by atoms with Crippen molar-refractivity contribution >= 4 is 47.5 Å². The second kappa shape index (κ2) is 9.75. The third kappa shape index (κ3) is 5.18. The normalized spacial score (nSPS) is 15.0. The Bertz CT molecular complexity index is 991. The quantitative estimate of drug-likeness (QED) is 0.458. The summed E-state index contributed by atoms with van der Waals surface area (Å²) in [6.07, 6.45) is 2.61. The lowest BCUT2D eigenvalue weighted by Crippen LogP contribution is -2.37. The van der Waals surface area contributed by atoms with Crippen molar-refractivity contribution < 1.29 is 24.4 Å². The minimum Gasteiger partial charge on any atom is -0.423 e. The van der Waals surface area contributed by atoms with Crippen LogP contribution in [0.2, 0.25) is 0 Å². The molecule has 0 spiro atoms. The highest BCUT2D eigenvalue weighted by Crippen LogP contribution is 2.31. The van der Waals surface area contributed by atoms with Crippen LogP contribution in [0.5, 0.6) is 0 Å². The van der Waals surface area contributed by atoms with E-state index in [1.807, 2.05) is 24.3 Å². The van der Waals surface area contributed by atoms with Crippen LogP contribution in [0.3, 0.4) is 0 Å². The van der Waals surface area contributed by atoms with E-state index in [9.17, 15) is 24.4 Å². The molecule has 2 aromatic carbocycles. The maximum Gasteiger partial charge on any atom is 0.488 e. The van der Waals surface area contributed by atoms with E-state index in [0.29, 0.717) is 4.91 Å². The lowest BCUT2D eigenvalue weighted by Gasteiger charge is -2.13. The molecule has 154 valence electrons. The van der Waals surface area contributed by atoms with Crippen LogP contribution >= 0.6 is 11.8 Å². The van der Waals surface area contributed by atoms with Crippen LogP contribution in [0.4, 0.5) is 4.79 Å². The number of imide groups is 1. The molecular weight excluding hydrogens is 403 g/mol. The molecule has 2 aromatic rings. The van der Waals surface area contributed by atoms with Gasteiger partial charge in [0.25, 0.3) is 17.1 Å². The monoisotopic (exact) mass is 424 g/mol. The largest absolute Gasteiger partial charge is 0.488 e. The number of rotatable bonds is 7. The highest BCUT2D eigenvalue weighted by atomic mass is 32.2. The Labute approximate surface area is 178 Å². The molecule has 1 heterocycles. The molecule has 0 aromatic heterocycles. The minimum atomic E-state index is -1.67. The van der Waals surface area contributed by atoms with E-state index in [1.165, 1.54) is 29.8 Å². The number of hydrogen-bond acceptors (Lipinski definition) is 6. The third-order valence-electron chi connectivity index (χ3n) is 4.63. The van der Waals surface area contributed by atoms with Crippen molar-refractivity contribution in [2.45, 2.75) is 13.3 Å². The summed E-state index contributed by atoms with van der Waals surface area (Å²) in [7, 11) is -1.67.